The summed E-state index contributed by atoms with van der Waals surface area (Å²) in [6.07, 6.45) is 12.2. The number of phenolic OH excluding ortho intramolecular Hbond substituents is 2. The molecule has 2 N–H and O–H groups in total. The van der Waals surface area contributed by atoms with E-state index in [9.17, 15) is 19.8 Å². The van der Waals surface area contributed by atoms with Gasteiger partial charge in [0.25, 0.3) is 5.91 Å². The molecular weight excluding hydrogens is 448 g/mol. The summed E-state index contributed by atoms with van der Waals surface area (Å²) >= 11 is 0. The Morgan fingerprint density at radius 3 is 2.77 bits per heavy atom. The summed E-state index contributed by atoms with van der Waals surface area (Å²) in [5, 5.41) is 24.7. The summed E-state index contributed by atoms with van der Waals surface area (Å²) in [5.41, 5.74) is 1.69. The van der Waals surface area contributed by atoms with Gasteiger partial charge in [0, 0.05) is 32.0 Å². The molecule has 3 rings (SSSR count). The number of aromatic hydroxyl groups is 2. The zero-order valence-electron chi connectivity index (χ0n) is 20.2. The highest BCUT2D eigenvalue weighted by Gasteiger charge is 2.23. The van der Waals surface area contributed by atoms with Crippen LogP contribution in [0.15, 0.2) is 53.7 Å². The van der Waals surface area contributed by atoms with Gasteiger partial charge in [-0.25, -0.2) is 4.79 Å². The number of benzene rings is 1. The minimum absolute atomic E-state index is 0.0404. The first-order valence-electron chi connectivity index (χ1n) is 12.1. The Bertz CT molecular complexity index is 1020. The Balaban J connectivity index is 1.87. The van der Waals surface area contributed by atoms with Crippen molar-refractivity contribution in [3.63, 3.8) is 0 Å². The first kappa shape index (κ1) is 26.1. The second-order valence-corrected chi connectivity index (χ2v) is 8.86. The molecule has 2 heterocycles. The number of ether oxygens (including phenoxy) is 1. The second-order valence-electron chi connectivity index (χ2n) is 8.86. The first-order valence-corrected chi connectivity index (χ1v) is 12.1. The van der Waals surface area contributed by atoms with Crippen LogP contribution < -0.4 is 0 Å². The second kappa shape index (κ2) is 12.8. The molecule has 2 aliphatic rings. The fourth-order valence-electron chi connectivity index (χ4n) is 4.22. The van der Waals surface area contributed by atoms with Crippen molar-refractivity contribution in [1.82, 2.24) is 4.90 Å². The van der Waals surface area contributed by atoms with Crippen molar-refractivity contribution < 1.29 is 29.4 Å². The van der Waals surface area contributed by atoms with Gasteiger partial charge in [0.2, 0.25) is 0 Å². The number of amides is 1. The average molecular weight is 483 g/mol. The Morgan fingerprint density at radius 2 is 2.03 bits per heavy atom. The molecule has 0 bridgehead atoms. The Labute approximate surface area is 206 Å². The van der Waals surface area contributed by atoms with E-state index in [-0.39, 0.29) is 36.0 Å². The highest BCUT2D eigenvalue weighted by Crippen LogP contribution is 2.30. The van der Waals surface area contributed by atoms with Gasteiger partial charge in [-0.1, -0.05) is 30.0 Å². The lowest BCUT2D eigenvalue weighted by Gasteiger charge is -2.26. The smallest absolute Gasteiger partial charge is 0.342 e. The molecule has 1 aromatic carbocycles. The molecule has 1 amide bonds. The van der Waals surface area contributed by atoms with E-state index >= 15 is 0 Å². The Kier molecular flexibility index (Phi) is 9.52. The summed E-state index contributed by atoms with van der Waals surface area (Å²) in [4.78, 5) is 32.5. The van der Waals surface area contributed by atoms with Crippen LogP contribution in [0, 0.1) is 0 Å². The lowest BCUT2D eigenvalue weighted by atomic mass is 9.99. The minimum atomic E-state index is -0.699. The molecule has 35 heavy (non-hydrogen) atoms. The maximum Gasteiger partial charge on any atom is 0.342 e. The van der Waals surface area contributed by atoms with Crippen LogP contribution in [-0.2, 0) is 20.8 Å². The maximum atomic E-state index is 12.9. The van der Waals surface area contributed by atoms with Crippen LogP contribution in [0.1, 0.15) is 61.4 Å². The van der Waals surface area contributed by atoms with Crippen LogP contribution in [-0.4, -0.2) is 58.5 Å². The standard InChI is InChI=1S/C27H34N2O6/c1-3-20-10-6-4-7-11-22(28-34-18-25(32)29-12-8-5-9-13-29)15-21-16-23(30)17-24(31)26(21)27(33)35-19(2)14-20/h3,7,10-11,16-17,19,30-31H,1,4-6,8-9,12-15,18H2,2H3/b11-7+,20-10+,28-22-/t19-/m1/s1. The molecule has 8 nitrogen and oxygen atoms in total. The van der Waals surface area contributed by atoms with Crippen molar-refractivity contribution >= 4 is 17.6 Å². The van der Waals surface area contributed by atoms with Gasteiger partial charge in [0.05, 0.1) is 5.71 Å². The third kappa shape index (κ3) is 7.73. The molecule has 1 saturated heterocycles. The highest BCUT2D eigenvalue weighted by atomic mass is 16.6. The predicted molar refractivity (Wildman–Crippen MR) is 133 cm³/mol. The van der Waals surface area contributed by atoms with E-state index < -0.39 is 12.1 Å². The number of nitrogens with zero attached hydrogens (tertiary/aromatic N) is 2. The van der Waals surface area contributed by atoms with Crippen molar-refractivity contribution in [2.75, 3.05) is 19.7 Å². The van der Waals surface area contributed by atoms with Crippen molar-refractivity contribution in [3.8, 4) is 11.5 Å². The molecule has 0 aliphatic carbocycles. The number of esters is 1. The highest BCUT2D eigenvalue weighted by molar-refractivity contribution is 6.00. The molecule has 0 unspecified atom stereocenters. The molecule has 0 radical (unpaired) electrons. The Morgan fingerprint density at radius 1 is 1.26 bits per heavy atom. The summed E-state index contributed by atoms with van der Waals surface area (Å²) in [7, 11) is 0. The molecule has 0 aromatic heterocycles. The van der Waals surface area contributed by atoms with Gasteiger partial charge in [0.15, 0.2) is 6.61 Å². The molecule has 8 heteroatoms. The molecule has 0 saturated carbocycles. The average Bonchev–Trinajstić information content (AvgIpc) is 2.82. The topological polar surface area (TPSA) is 109 Å². The largest absolute Gasteiger partial charge is 0.508 e. The summed E-state index contributed by atoms with van der Waals surface area (Å²) in [6, 6.07) is 2.49. The summed E-state index contributed by atoms with van der Waals surface area (Å²) in [6.45, 7) is 6.88. The third-order valence-electron chi connectivity index (χ3n) is 5.98. The van der Waals surface area contributed by atoms with E-state index in [0.717, 1.165) is 56.8 Å². The van der Waals surface area contributed by atoms with Crippen molar-refractivity contribution in [2.45, 2.75) is 58.0 Å². The zero-order chi connectivity index (χ0) is 25.2. The SMILES string of the molecule is C=C/C1=C\CC/C=C/C(=N/OCC(=O)N2CCCCC2)Cc2cc(O)cc(O)c2C(=O)O[C@H](C)C1. The van der Waals surface area contributed by atoms with E-state index in [2.05, 4.69) is 11.7 Å². The van der Waals surface area contributed by atoms with Crippen LogP contribution in [0.5, 0.6) is 11.5 Å². The number of carbonyl (C=O) groups excluding carboxylic acids is 2. The number of oxime groups is 1. The van der Waals surface area contributed by atoms with Crippen LogP contribution in [0.2, 0.25) is 0 Å². The Hall–Kier alpha value is -3.55. The minimum Gasteiger partial charge on any atom is -0.508 e. The number of likely N-dealkylation sites (tertiary alicyclic amines) is 1. The van der Waals surface area contributed by atoms with Gasteiger partial charge in [0.1, 0.15) is 23.2 Å². The van der Waals surface area contributed by atoms with Gasteiger partial charge < -0.3 is 24.7 Å². The fourth-order valence-corrected chi connectivity index (χ4v) is 4.22. The van der Waals surface area contributed by atoms with Crippen LogP contribution in [0.3, 0.4) is 0 Å². The number of cyclic esters (lactones) is 1. The molecule has 188 valence electrons. The monoisotopic (exact) mass is 482 g/mol. The molecule has 1 fully saturated rings. The number of rotatable bonds is 4. The van der Waals surface area contributed by atoms with E-state index in [1.54, 1.807) is 24.0 Å². The molecule has 1 aromatic rings. The normalized spacial score (nSPS) is 23.3. The number of piperidine rings is 1. The first-order chi connectivity index (χ1) is 16.9. The third-order valence-corrected chi connectivity index (χ3v) is 5.98. The van der Waals surface area contributed by atoms with Crippen molar-refractivity contribution in [1.29, 1.82) is 0 Å². The number of allylic oxidation sites excluding steroid dienone is 4. The van der Waals surface area contributed by atoms with Gasteiger partial charge in [-0.3, -0.25) is 4.79 Å². The van der Waals surface area contributed by atoms with Crippen LogP contribution >= 0.6 is 0 Å². The molecule has 2 aliphatic heterocycles. The van der Waals surface area contributed by atoms with Gasteiger partial charge in [-0.2, -0.15) is 0 Å². The predicted octanol–water partition coefficient (Wildman–Crippen LogP) is 4.42. The van der Waals surface area contributed by atoms with E-state index in [0.29, 0.717) is 17.7 Å². The molecule has 0 spiro atoms. The summed E-state index contributed by atoms with van der Waals surface area (Å²) in [5.74, 6) is -1.39. The molecule has 1 atom stereocenters. The quantitative estimate of drug-likeness (QED) is 0.486. The van der Waals surface area contributed by atoms with Crippen LogP contribution in [0.25, 0.3) is 0 Å². The number of hydrogen-bond donors (Lipinski definition) is 2. The lowest BCUT2D eigenvalue weighted by molar-refractivity contribution is -0.137. The maximum absolute atomic E-state index is 12.9. The number of phenols is 2. The van der Waals surface area contributed by atoms with Crippen molar-refractivity contribution in [2.24, 2.45) is 5.16 Å². The van der Waals surface area contributed by atoms with Gasteiger partial charge in [-0.15, -0.1) is 0 Å². The molecular formula is C27H34N2O6. The number of fused-ring (bicyclic) bond motifs is 1. The van der Waals surface area contributed by atoms with Crippen molar-refractivity contribution in [3.05, 3.63) is 59.7 Å². The zero-order valence-corrected chi connectivity index (χ0v) is 20.2. The fraction of sp³-hybridized carbons (Fsp3) is 0.444. The number of carbonyl (C=O) groups is 2. The van der Waals surface area contributed by atoms with Crippen LogP contribution in [0.4, 0.5) is 0 Å². The van der Waals surface area contributed by atoms with Gasteiger partial charge >= 0.3 is 5.97 Å². The van der Waals surface area contributed by atoms with E-state index in [4.69, 9.17) is 9.57 Å². The number of hydrogen-bond acceptors (Lipinski definition) is 7. The van der Waals surface area contributed by atoms with Gasteiger partial charge in [-0.05, 0) is 62.3 Å². The van der Waals surface area contributed by atoms with E-state index in [1.165, 1.54) is 6.07 Å². The lowest BCUT2D eigenvalue weighted by Crippen LogP contribution is -2.37. The summed E-state index contributed by atoms with van der Waals surface area (Å²) < 4.78 is 5.58. The van der Waals surface area contributed by atoms with E-state index in [1.807, 2.05) is 12.2 Å².